The molecule has 1 atom stereocenters. The van der Waals surface area contributed by atoms with Crippen LogP contribution in [0.2, 0.25) is 0 Å². The molecule has 0 saturated carbocycles. The molecular formula is C17H20N4O2. The number of aromatic nitrogens is 1. The van der Waals surface area contributed by atoms with Crippen LogP contribution in [0.1, 0.15) is 18.0 Å². The Hall–Kier alpha value is -2.89. The zero-order valence-electron chi connectivity index (χ0n) is 13.2. The minimum Gasteiger partial charge on any atom is -0.349 e. The van der Waals surface area contributed by atoms with Crippen LogP contribution in [-0.2, 0) is 4.79 Å². The maximum atomic E-state index is 12.2. The fourth-order valence-electron chi connectivity index (χ4n) is 2.06. The molecular weight excluding hydrogens is 292 g/mol. The molecule has 0 aliphatic heterocycles. The lowest BCUT2D eigenvalue weighted by molar-refractivity contribution is -0.129. The summed E-state index contributed by atoms with van der Waals surface area (Å²) in [7, 11) is 3.39. The van der Waals surface area contributed by atoms with Gasteiger partial charge in [0.25, 0.3) is 0 Å². The van der Waals surface area contributed by atoms with Gasteiger partial charge in [0.2, 0.25) is 5.91 Å². The summed E-state index contributed by atoms with van der Waals surface area (Å²) in [6, 6.07) is 12.1. The van der Waals surface area contributed by atoms with E-state index in [0.29, 0.717) is 5.69 Å². The molecule has 1 heterocycles. The van der Waals surface area contributed by atoms with Gasteiger partial charge < -0.3 is 15.5 Å². The van der Waals surface area contributed by atoms with Gasteiger partial charge in [-0.05, 0) is 17.7 Å². The Bertz CT molecular complexity index is 644. The molecule has 2 N–H and O–H groups in total. The Morgan fingerprint density at radius 1 is 1.09 bits per heavy atom. The Balaban J connectivity index is 2.08. The fraction of sp³-hybridized carbons (Fsp3) is 0.235. The molecule has 0 radical (unpaired) electrons. The molecule has 0 aliphatic rings. The second kappa shape index (κ2) is 7.93. The van der Waals surface area contributed by atoms with Crippen molar-refractivity contribution in [1.29, 1.82) is 0 Å². The third-order valence-corrected chi connectivity index (χ3v) is 3.32. The van der Waals surface area contributed by atoms with Crippen molar-refractivity contribution in [3.05, 3.63) is 60.4 Å². The van der Waals surface area contributed by atoms with Crippen molar-refractivity contribution in [3.63, 3.8) is 0 Å². The predicted octanol–water partition coefficient (Wildman–Crippen LogP) is 2.42. The number of hydrogen-bond donors (Lipinski definition) is 2. The van der Waals surface area contributed by atoms with E-state index in [-0.39, 0.29) is 18.4 Å². The molecule has 0 saturated heterocycles. The van der Waals surface area contributed by atoms with Crippen molar-refractivity contribution in [2.45, 2.75) is 12.5 Å². The van der Waals surface area contributed by atoms with Crippen LogP contribution >= 0.6 is 0 Å². The molecule has 3 amide bonds. The zero-order chi connectivity index (χ0) is 16.7. The normalized spacial score (nSPS) is 11.4. The van der Waals surface area contributed by atoms with E-state index in [2.05, 4.69) is 15.6 Å². The number of nitrogens with one attached hydrogen (secondary N) is 2. The molecule has 1 aromatic carbocycles. The standard InChI is InChI=1S/C17H20N4O2/c1-21(2)16(22)12-15(13-6-4-3-5-7-13)20-17(23)19-14-8-10-18-11-9-14/h3-11,15H,12H2,1-2H3,(H2,18,19,20,23). The summed E-state index contributed by atoms with van der Waals surface area (Å²) >= 11 is 0. The van der Waals surface area contributed by atoms with Gasteiger partial charge in [0.15, 0.2) is 0 Å². The first-order valence-corrected chi connectivity index (χ1v) is 7.29. The number of carbonyl (C=O) groups excluding carboxylic acids is 2. The number of amides is 3. The number of rotatable bonds is 5. The van der Waals surface area contributed by atoms with Crippen LogP contribution < -0.4 is 10.6 Å². The molecule has 0 bridgehead atoms. The van der Waals surface area contributed by atoms with E-state index >= 15 is 0 Å². The molecule has 6 heteroatoms. The predicted molar refractivity (Wildman–Crippen MR) is 88.9 cm³/mol. The van der Waals surface area contributed by atoms with Crippen molar-refractivity contribution in [1.82, 2.24) is 15.2 Å². The van der Waals surface area contributed by atoms with Crippen LogP contribution in [0.5, 0.6) is 0 Å². The number of hydrogen-bond acceptors (Lipinski definition) is 3. The third-order valence-electron chi connectivity index (χ3n) is 3.32. The Morgan fingerprint density at radius 3 is 2.35 bits per heavy atom. The van der Waals surface area contributed by atoms with E-state index in [4.69, 9.17) is 0 Å². The summed E-state index contributed by atoms with van der Waals surface area (Å²) in [5, 5.41) is 5.58. The van der Waals surface area contributed by atoms with Gasteiger partial charge in [0, 0.05) is 32.2 Å². The van der Waals surface area contributed by atoms with E-state index in [0.717, 1.165) is 5.56 Å². The van der Waals surface area contributed by atoms with Gasteiger partial charge in [-0.1, -0.05) is 30.3 Å². The van der Waals surface area contributed by atoms with Crippen LogP contribution in [0, 0.1) is 0 Å². The second-order valence-corrected chi connectivity index (χ2v) is 5.29. The highest BCUT2D eigenvalue weighted by molar-refractivity contribution is 5.90. The minimum atomic E-state index is -0.395. The maximum absolute atomic E-state index is 12.2. The lowest BCUT2D eigenvalue weighted by Gasteiger charge is -2.21. The minimum absolute atomic E-state index is 0.0527. The quantitative estimate of drug-likeness (QED) is 0.890. The van der Waals surface area contributed by atoms with Crippen molar-refractivity contribution in [3.8, 4) is 0 Å². The van der Waals surface area contributed by atoms with Gasteiger partial charge in [-0.3, -0.25) is 9.78 Å². The van der Waals surface area contributed by atoms with Crippen LogP contribution in [0.3, 0.4) is 0 Å². The van der Waals surface area contributed by atoms with E-state index < -0.39 is 6.04 Å². The van der Waals surface area contributed by atoms with Crippen LogP contribution in [-0.4, -0.2) is 35.9 Å². The summed E-state index contributed by atoms with van der Waals surface area (Å²) in [6.07, 6.45) is 3.39. The Morgan fingerprint density at radius 2 is 1.74 bits per heavy atom. The van der Waals surface area contributed by atoms with Gasteiger partial charge >= 0.3 is 6.03 Å². The van der Waals surface area contributed by atoms with Gasteiger partial charge in [0.05, 0.1) is 12.5 Å². The molecule has 1 aromatic heterocycles. The van der Waals surface area contributed by atoms with E-state index in [9.17, 15) is 9.59 Å². The zero-order valence-corrected chi connectivity index (χ0v) is 13.2. The second-order valence-electron chi connectivity index (χ2n) is 5.29. The lowest BCUT2D eigenvalue weighted by Crippen LogP contribution is -2.36. The number of anilines is 1. The largest absolute Gasteiger partial charge is 0.349 e. The molecule has 120 valence electrons. The number of benzene rings is 1. The topological polar surface area (TPSA) is 74.3 Å². The summed E-state index contributed by atoms with van der Waals surface area (Å²) < 4.78 is 0. The molecule has 6 nitrogen and oxygen atoms in total. The van der Waals surface area contributed by atoms with Gasteiger partial charge in [-0.25, -0.2) is 4.79 Å². The molecule has 2 rings (SSSR count). The van der Waals surface area contributed by atoms with Crippen LogP contribution in [0.25, 0.3) is 0 Å². The smallest absolute Gasteiger partial charge is 0.319 e. The number of carbonyl (C=O) groups is 2. The highest BCUT2D eigenvalue weighted by Crippen LogP contribution is 2.17. The van der Waals surface area contributed by atoms with E-state index in [1.807, 2.05) is 30.3 Å². The first-order chi connectivity index (χ1) is 11.1. The average Bonchev–Trinajstić information content (AvgIpc) is 2.55. The highest BCUT2D eigenvalue weighted by atomic mass is 16.2. The summed E-state index contributed by atoms with van der Waals surface area (Å²) in [5.41, 5.74) is 1.52. The van der Waals surface area contributed by atoms with Crippen molar-refractivity contribution >= 4 is 17.6 Å². The van der Waals surface area contributed by atoms with Crippen LogP contribution in [0.15, 0.2) is 54.9 Å². The fourth-order valence-corrected chi connectivity index (χ4v) is 2.06. The van der Waals surface area contributed by atoms with Gasteiger partial charge in [-0.15, -0.1) is 0 Å². The number of urea groups is 1. The molecule has 0 spiro atoms. The van der Waals surface area contributed by atoms with E-state index in [1.165, 1.54) is 4.90 Å². The van der Waals surface area contributed by atoms with Crippen LogP contribution in [0.4, 0.5) is 10.5 Å². The summed E-state index contributed by atoms with van der Waals surface area (Å²) in [4.78, 5) is 29.6. The third kappa shape index (κ3) is 5.10. The monoisotopic (exact) mass is 312 g/mol. The number of pyridine rings is 1. The Kier molecular flexibility index (Phi) is 5.68. The number of nitrogens with zero attached hydrogens (tertiary/aromatic N) is 2. The first kappa shape index (κ1) is 16.5. The van der Waals surface area contributed by atoms with Gasteiger partial charge in [0.1, 0.15) is 0 Å². The molecule has 0 fully saturated rings. The first-order valence-electron chi connectivity index (χ1n) is 7.29. The summed E-state index contributed by atoms with van der Waals surface area (Å²) in [6.45, 7) is 0. The van der Waals surface area contributed by atoms with Crippen molar-refractivity contribution in [2.75, 3.05) is 19.4 Å². The SMILES string of the molecule is CN(C)C(=O)CC(NC(=O)Nc1ccncc1)c1ccccc1. The highest BCUT2D eigenvalue weighted by Gasteiger charge is 2.19. The maximum Gasteiger partial charge on any atom is 0.319 e. The lowest BCUT2D eigenvalue weighted by atomic mass is 10.0. The molecule has 23 heavy (non-hydrogen) atoms. The summed E-state index contributed by atoms with van der Waals surface area (Å²) in [5.74, 6) is -0.0527. The van der Waals surface area contributed by atoms with Crippen molar-refractivity contribution < 1.29 is 9.59 Å². The Labute approximate surface area is 135 Å². The molecule has 0 aliphatic carbocycles. The molecule has 2 aromatic rings. The van der Waals surface area contributed by atoms with E-state index in [1.54, 1.807) is 38.6 Å². The average molecular weight is 312 g/mol. The van der Waals surface area contributed by atoms with Gasteiger partial charge in [-0.2, -0.15) is 0 Å². The molecule has 1 unspecified atom stereocenters. The van der Waals surface area contributed by atoms with Crippen molar-refractivity contribution in [2.24, 2.45) is 0 Å².